The Bertz CT molecular complexity index is 312. The Morgan fingerprint density at radius 3 is 2.44 bits per heavy atom. The molecule has 90 valence electrons. The summed E-state index contributed by atoms with van der Waals surface area (Å²) in [5, 5.41) is 8.40. The van der Waals surface area contributed by atoms with E-state index in [9.17, 15) is 0 Å². The molecule has 1 aromatic rings. The molecule has 0 fully saturated rings. The van der Waals surface area contributed by atoms with E-state index in [4.69, 9.17) is 11.6 Å². The molecule has 1 aromatic heterocycles. The SMILES string of the molecule is CCN(c1ccc(Cl)nn1)C(C)CN(C)C. The van der Waals surface area contributed by atoms with Crippen molar-refractivity contribution in [2.75, 3.05) is 32.1 Å². The summed E-state index contributed by atoms with van der Waals surface area (Å²) in [6, 6.07) is 4.08. The second kappa shape index (κ2) is 6.01. The van der Waals surface area contributed by atoms with Gasteiger partial charge in [-0.2, -0.15) is 0 Å². The Morgan fingerprint density at radius 2 is 2.00 bits per heavy atom. The summed E-state index contributed by atoms with van der Waals surface area (Å²) < 4.78 is 0. The van der Waals surface area contributed by atoms with Gasteiger partial charge in [-0.25, -0.2) is 0 Å². The molecule has 1 atom stereocenters. The number of hydrogen-bond acceptors (Lipinski definition) is 4. The van der Waals surface area contributed by atoms with Crippen LogP contribution in [0.25, 0.3) is 0 Å². The van der Waals surface area contributed by atoms with Crippen LogP contribution in [-0.4, -0.2) is 48.3 Å². The monoisotopic (exact) mass is 242 g/mol. The van der Waals surface area contributed by atoms with E-state index >= 15 is 0 Å². The average molecular weight is 243 g/mol. The van der Waals surface area contributed by atoms with E-state index in [-0.39, 0.29) is 0 Å². The summed E-state index contributed by atoms with van der Waals surface area (Å²) in [5.41, 5.74) is 0. The van der Waals surface area contributed by atoms with Gasteiger partial charge in [0, 0.05) is 19.1 Å². The smallest absolute Gasteiger partial charge is 0.151 e. The van der Waals surface area contributed by atoms with Gasteiger partial charge in [0.05, 0.1) is 0 Å². The molecular formula is C11H19ClN4. The van der Waals surface area contributed by atoms with Crippen molar-refractivity contribution in [3.8, 4) is 0 Å². The summed E-state index contributed by atoms with van der Waals surface area (Å²) >= 11 is 5.72. The lowest BCUT2D eigenvalue weighted by atomic mass is 10.2. The normalized spacial score (nSPS) is 12.9. The molecule has 1 heterocycles. The topological polar surface area (TPSA) is 32.3 Å². The van der Waals surface area contributed by atoms with E-state index in [1.807, 2.05) is 6.07 Å². The van der Waals surface area contributed by atoms with E-state index in [2.05, 4.69) is 47.9 Å². The largest absolute Gasteiger partial charge is 0.351 e. The van der Waals surface area contributed by atoms with Gasteiger partial charge in [-0.1, -0.05) is 11.6 Å². The number of rotatable bonds is 5. The molecule has 16 heavy (non-hydrogen) atoms. The van der Waals surface area contributed by atoms with E-state index < -0.39 is 0 Å². The van der Waals surface area contributed by atoms with Crippen molar-refractivity contribution in [3.63, 3.8) is 0 Å². The molecule has 1 rings (SSSR count). The zero-order chi connectivity index (χ0) is 12.1. The highest BCUT2D eigenvalue weighted by Gasteiger charge is 2.14. The molecule has 4 nitrogen and oxygen atoms in total. The molecule has 0 amide bonds. The maximum Gasteiger partial charge on any atom is 0.151 e. The van der Waals surface area contributed by atoms with E-state index in [1.165, 1.54) is 0 Å². The van der Waals surface area contributed by atoms with E-state index in [0.29, 0.717) is 11.2 Å². The van der Waals surface area contributed by atoms with Crippen LogP contribution in [0.1, 0.15) is 13.8 Å². The number of likely N-dealkylation sites (N-methyl/N-ethyl adjacent to an activating group) is 2. The summed E-state index contributed by atoms with van der Waals surface area (Å²) in [5.74, 6) is 0.876. The minimum Gasteiger partial charge on any atom is -0.351 e. The lowest BCUT2D eigenvalue weighted by Crippen LogP contribution is -2.40. The van der Waals surface area contributed by atoms with Crippen molar-refractivity contribution in [1.29, 1.82) is 0 Å². The number of aromatic nitrogens is 2. The number of anilines is 1. The van der Waals surface area contributed by atoms with Crippen LogP contribution in [0.3, 0.4) is 0 Å². The van der Waals surface area contributed by atoms with Gasteiger partial charge < -0.3 is 9.80 Å². The fourth-order valence-corrected chi connectivity index (χ4v) is 1.89. The Morgan fingerprint density at radius 1 is 1.31 bits per heavy atom. The molecule has 0 spiro atoms. The molecule has 1 unspecified atom stereocenters. The summed E-state index contributed by atoms with van der Waals surface area (Å²) in [6.07, 6.45) is 0. The van der Waals surface area contributed by atoms with Crippen LogP contribution in [0, 0.1) is 0 Å². The molecule has 0 aliphatic heterocycles. The van der Waals surface area contributed by atoms with Gasteiger partial charge in [0.2, 0.25) is 0 Å². The van der Waals surface area contributed by atoms with Crippen LogP contribution in [0.5, 0.6) is 0 Å². The molecule has 0 bridgehead atoms. The molecule has 0 aliphatic carbocycles. The van der Waals surface area contributed by atoms with Crippen LogP contribution in [0.4, 0.5) is 5.82 Å². The zero-order valence-corrected chi connectivity index (χ0v) is 11.1. The highest BCUT2D eigenvalue weighted by molar-refractivity contribution is 6.29. The van der Waals surface area contributed by atoms with Crippen molar-refractivity contribution in [1.82, 2.24) is 15.1 Å². The average Bonchev–Trinajstić information content (AvgIpc) is 2.21. The van der Waals surface area contributed by atoms with Gasteiger partial charge in [-0.15, -0.1) is 10.2 Å². The lowest BCUT2D eigenvalue weighted by molar-refractivity contribution is 0.372. The molecule has 0 saturated carbocycles. The maximum absolute atomic E-state index is 5.72. The van der Waals surface area contributed by atoms with Gasteiger partial charge in [-0.3, -0.25) is 0 Å². The minimum absolute atomic E-state index is 0.399. The third kappa shape index (κ3) is 3.61. The molecule has 0 N–H and O–H groups in total. The van der Waals surface area contributed by atoms with Gasteiger partial charge in [-0.05, 0) is 40.1 Å². The van der Waals surface area contributed by atoms with Crippen molar-refractivity contribution >= 4 is 17.4 Å². The van der Waals surface area contributed by atoms with Gasteiger partial charge in [0.1, 0.15) is 0 Å². The molecule has 0 radical (unpaired) electrons. The fourth-order valence-electron chi connectivity index (χ4n) is 1.79. The molecule has 0 saturated heterocycles. The predicted octanol–water partition coefficient (Wildman–Crippen LogP) is 1.91. The van der Waals surface area contributed by atoms with Crippen LogP contribution in [0.2, 0.25) is 5.15 Å². The first-order valence-corrected chi connectivity index (χ1v) is 5.83. The van der Waals surface area contributed by atoms with Crippen molar-refractivity contribution in [2.24, 2.45) is 0 Å². The van der Waals surface area contributed by atoms with Crippen LogP contribution >= 0.6 is 11.6 Å². The quantitative estimate of drug-likeness (QED) is 0.790. The molecule has 0 aliphatic rings. The first-order valence-electron chi connectivity index (χ1n) is 5.45. The Hall–Kier alpha value is -0.870. The first kappa shape index (κ1) is 13.2. The zero-order valence-electron chi connectivity index (χ0n) is 10.3. The predicted molar refractivity (Wildman–Crippen MR) is 68.1 cm³/mol. The number of halogens is 1. The van der Waals surface area contributed by atoms with Crippen LogP contribution in [-0.2, 0) is 0 Å². The van der Waals surface area contributed by atoms with Gasteiger partial charge in [0.25, 0.3) is 0 Å². The summed E-state index contributed by atoms with van der Waals surface area (Å²) in [7, 11) is 4.13. The summed E-state index contributed by atoms with van der Waals surface area (Å²) in [4.78, 5) is 4.38. The second-order valence-electron chi connectivity index (χ2n) is 4.11. The highest BCUT2D eigenvalue weighted by Crippen LogP contribution is 2.14. The standard InChI is InChI=1S/C11H19ClN4/c1-5-16(9(2)8-15(3)4)11-7-6-10(12)13-14-11/h6-7,9H,5,8H2,1-4H3. The minimum atomic E-state index is 0.399. The third-order valence-corrected chi connectivity index (χ3v) is 2.62. The second-order valence-corrected chi connectivity index (χ2v) is 4.50. The summed E-state index contributed by atoms with van der Waals surface area (Å²) in [6.45, 7) is 6.19. The van der Waals surface area contributed by atoms with E-state index in [0.717, 1.165) is 18.9 Å². The Labute approximate surface area is 102 Å². The molecular weight excluding hydrogens is 224 g/mol. The Balaban J connectivity index is 2.77. The van der Waals surface area contributed by atoms with Gasteiger partial charge >= 0.3 is 0 Å². The Kier molecular flexibility index (Phi) is 4.96. The van der Waals surface area contributed by atoms with Crippen molar-refractivity contribution in [2.45, 2.75) is 19.9 Å². The number of hydrogen-bond donors (Lipinski definition) is 0. The van der Waals surface area contributed by atoms with Crippen LogP contribution in [0.15, 0.2) is 12.1 Å². The lowest BCUT2D eigenvalue weighted by Gasteiger charge is -2.30. The number of nitrogens with zero attached hydrogens (tertiary/aromatic N) is 4. The van der Waals surface area contributed by atoms with Crippen molar-refractivity contribution < 1.29 is 0 Å². The van der Waals surface area contributed by atoms with Crippen LogP contribution < -0.4 is 4.90 Å². The van der Waals surface area contributed by atoms with Crippen molar-refractivity contribution in [3.05, 3.63) is 17.3 Å². The van der Waals surface area contributed by atoms with Gasteiger partial charge in [0.15, 0.2) is 11.0 Å². The first-order chi connectivity index (χ1) is 7.54. The highest BCUT2D eigenvalue weighted by atomic mass is 35.5. The maximum atomic E-state index is 5.72. The third-order valence-electron chi connectivity index (χ3n) is 2.41. The fraction of sp³-hybridized carbons (Fsp3) is 0.636. The van der Waals surface area contributed by atoms with E-state index in [1.54, 1.807) is 6.07 Å². The molecule has 5 heteroatoms. The molecule has 0 aromatic carbocycles.